The number of hydrogen-bond acceptors (Lipinski definition) is 6. The maximum absolute atomic E-state index is 5.05. The van der Waals surface area contributed by atoms with E-state index in [1.54, 1.807) is 6.20 Å². The summed E-state index contributed by atoms with van der Waals surface area (Å²) in [6, 6.07) is 12.3. The van der Waals surface area contributed by atoms with Gasteiger partial charge in [0.25, 0.3) is 0 Å². The Kier molecular flexibility index (Phi) is 5.16. The van der Waals surface area contributed by atoms with Crippen LogP contribution in [0.1, 0.15) is 18.9 Å². The molecule has 0 unspecified atom stereocenters. The molecule has 1 aliphatic rings. The van der Waals surface area contributed by atoms with Crippen molar-refractivity contribution in [2.75, 3.05) is 28.7 Å². The molecule has 4 rings (SSSR count). The monoisotopic (exact) mass is 386 g/mol. The van der Waals surface area contributed by atoms with Crippen molar-refractivity contribution in [2.45, 2.75) is 26.3 Å². The molecule has 0 bridgehead atoms. The number of fused-ring (bicyclic) bond motifs is 1. The summed E-state index contributed by atoms with van der Waals surface area (Å²) >= 11 is 0. The lowest BCUT2D eigenvalue weighted by Crippen LogP contribution is -2.35. The Hall–Kier alpha value is -3.41. The van der Waals surface area contributed by atoms with E-state index < -0.39 is 0 Å². The van der Waals surface area contributed by atoms with Gasteiger partial charge in [0.2, 0.25) is 0 Å². The van der Waals surface area contributed by atoms with Gasteiger partial charge in [-0.3, -0.25) is 4.98 Å². The first-order chi connectivity index (χ1) is 14.0. The van der Waals surface area contributed by atoms with Crippen LogP contribution in [-0.4, -0.2) is 34.6 Å². The van der Waals surface area contributed by atoms with Gasteiger partial charge in [0.15, 0.2) is 5.82 Å². The largest absolute Gasteiger partial charge is 0.372 e. The minimum absolute atomic E-state index is 0.237. The van der Waals surface area contributed by atoms with Crippen molar-refractivity contribution in [2.24, 2.45) is 0 Å². The van der Waals surface area contributed by atoms with Crippen molar-refractivity contribution in [1.82, 2.24) is 15.0 Å². The molecule has 1 aliphatic heterocycles. The molecular weight excluding hydrogens is 360 g/mol. The third kappa shape index (κ3) is 3.92. The maximum Gasteiger partial charge on any atom is 0.158 e. The number of nitrogens with one attached hydrogen (secondary N) is 1. The van der Waals surface area contributed by atoms with Gasteiger partial charge in [-0.1, -0.05) is 12.6 Å². The molecule has 4 heterocycles. The van der Waals surface area contributed by atoms with Crippen LogP contribution in [0.2, 0.25) is 0 Å². The third-order valence-corrected chi connectivity index (χ3v) is 5.22. The van der Waals surface area contributed by atoms with E-state index in [0.29, 0.717) is 0 Å². The van der Waals surface area contributed by atoms with Crippen molar-refractivity contribution in [3.05, 3.63) is 73.0 Å². The third-order valence-electron chi connectivity index (χ3n) is 5.22. The molecule has 1 N–H and O–H groups in total. The zero-order valence-corrected chi connectivity index (χ0v) is 17.1. The van der Waals surface area contributed by atoms with E-state index in [-0.39, 0.29) is 6.04 Å². The van der Waals surface area contributed by atoms with Gasteiger partial charge >= 0.3 is 0 Å². The molecule has 3 aromatic heterocycles. The number of aromatic nitrogens is 3. The molecule has 0 spiro atoms. The highest BCUT2D eigenvalue weighted by Gasteiger charge is 2.27. The van der Waals surface area contributed by atoms with Crippen LogP contribution in [0.3, 0.4) is 0 Å². The number of pyridine rings is 3. The van der Waals surface area contributed by atoms with Gasteiger partial charge in [0.1, 0.15) is 11.6 Å². The Morgan fingerprint density at radius 3 is 2.83 bits per heavy atom. The van der Waals surface area contributed by atoms with Crippen molar-refractivity contribution in [3.8, 4) is 11.3 Å². The highest BCUT2D eigenvalue weighted by Crippen LogP contribution is 2.36. The summed E-state index contributed by atoms with van der Waals surface area (Å²) in [4.78, 5) is 18.2. The number of hydrogen-bond donors (Lipinski definition) is 1. The molecule has 3 aromatic rings. The Labute approximate surface area is 171 Å². The normalized spacial score (nSPS) is 16.2. The topological polar surface area (TPSA) is 57.2 Å². The van der Waals surface area contributed by atoms with Gasteiger partial charge in [-0.15, -0.1) is 0 Å². The molecule has 0 aliphatic carbocycles. The molecule has 1 atom stereocenters. The van der Waals surface area contributed by atoms with Crippen LogP contribution in [0.4, 0.5) is 17.3 Å². The predicted octanol–water partition coefficient (Wildman–Crippen LogP) is 4.47. The van der Waals surface area contributed by atoms with Crippen LogP contribution in [0.25, 0.3) is 11.3 Å². The fourth-order valence-corrected chi connectivity index (χ4v) is 3.65. The van der Waals surface area contributed by atoms with Crippen LogP contribution in [0.15, 0.2) is 67.4 Å². The Morgan fingerprint density at radius 1 is 1.21 bits per heavy atom. The van der Waals surface area contributed by atoms with Crippen molar-refractivity contribution in [1.29, 1.82) is 0 Å². The van der Waals surface area contributed by atoms with Gasteiger partial charge in [-0.2, -0.15) is 0 Å². The van der Waals surface area contributed by atoms with Crippen LogP contribution in [0.5, 0.6) is 0 Å². The second kappa shape index (κ2) is 7.91. The summed E-state index contributed by atoms with van der Waals surface area (Å²) < 4.78 is 0. The van der Waals surface area contributed by atoms with Crippen molar-refractivity contribution >= 4 is 17.3 Å². The molecule has 0 aromatic carbocycles. The van der Waals surface area contributed by atoms with Crippen LogP contribution >= 0.6 is 0 Å². The van der Waals surface area contributed by atoms with Gasteiger partial charge in [0, 0.05) is 43.8 Å². The summed E-state index contributed by atoms with van der Waals surface area (Å²) in [6.07, 6.45) is 6.48. The highest BCUT2D eigenvalue weighted by atomic mass is 15.3. The molecular formula is C23H26N6. The first-order valence-corrected chi connectivity index (χ1v) is 9.83. The fourth-order valence-electron chi connectivity index (χ4n) is 3.65. The lowest BCUT2D eigenvalue weighted by molar-refractivity contribution is 0.640. The number of rotatable bonds is 4. The fraction of sp³-hybridized carbons (Fsp3) is 0.261. The number of nitrogens with zero attached hydrogens (tertiary/aromatic N) is 5. The van der Waals surface area contributed by atoms with Crippen LogP contribution < -0.4 is 15.1 Å². The zero-order valence-electron chi connectivity index (χ0n) is 17.1. The molecule has 0 saturated carbocycles. The quantitative estimate of drug-likeness (QED) is 0.714. The summed E-state index contributed by atoms with van der Waals surface area (Å²) in [7, 11) is 2.11. The molecule has 0 radical (unpaired) electrons. The summed E-state index contributed by atoms with van der Waals surface area (Å²) in [6.45, 7) is 9.51. The van der Waals surface area contributed by atoms with E-state index in [1.165, 1.54) is 0 Å². The smallest absolute Gasteiger partial charge is 0.158 e. The van der Waals surface area contributed by atoms with Crippen LogP contribution in [-0.2, 0) is 0 Å². The second-order valence-electron chi connectivity index (χ2n) is 7.51. The first-order valence-electron chi connectivity index (χ1n) is 9.83. The van der Waals surface area contributed by atoms with E-state index >= 15 is 0 Å². The van der Waals surface area contributed by atoms with E-state index in [0.717, 1.165) is 52.9 Å². The molecule has 6 nitrogen and oxygen atoms in total. The molecule has 6 heteroatoms. The molecule has 0 amide bonds. The Balaban J connectivity index is 1.76. The standard InChI is InChI=1S/C23H26N6/c1-16-13-19(15-24-14-16)20-8-9-21-23(27-20)29(17(2)10-12-28(21)4)18(3)26-22-7-5-6-11-25-22/h5-9,11,13-15,17H,3,10,12H2,1-2,4H3,(H,25,26)/t17-/m1/s1. The summed E-state index contributed by atoms with van der Waals surface area (Å²) in [5.41, 5.74) is 4.11. The van der Waals surface area contributed by atoms with E-state index in [1.807, 2.05) is 37.5 Å². The predicted molar refractivity (Wildman–Crippen MR) is 119 cm³/mol. The minimum Gasteiger partial charge on any atom is -0.372 e. The summed E-state index contributed by atoms with van der Waals surface area (Å²) in [5, 5.41) is 3.34. The van der Waals surface area contributed by atoms with Gasteiger partial charge in [0.05, 0.1) is 11.4 Å². The maximum atomic E-state index is 5.05. The average molecular weight is 387 g/mol. The zero-order chi connectivity index (χ0) is 20.4. The molecule has 0 fully saturated rings. The lowest BCUT2D eigenvalue weighted by atomic mass is 10.1. The number of aryl methyl sites for hydroxylation is 1. The lowest BCUT2D eigenvalue weighted by Gasteiger charge is -2.31. The van der Waals surface area contributed by atoms with Crippen molar-refractivity contribution < 1.29 is 0 Å². The Morgan fingerprint density at radius 2 is 2.07 bits per heavy atom. The van der Waals surface area contributed by atoms with Gasteiger partial charge < -0.3 is 15.1 Å². The van der Waals surface area contributed by atoms with E-state index in [4.69, 9.17) is 4.98 Å². The molecule has 0 saturated heterocycles. The van der Waals surface area contributed by atoms with E-state index in [2.05, 4.69) is 63.8 Å². The van der Waals surface area contributed by atoms with Gasteiger partial charge in [-0.25, -0.2) is 9.97 Å². The van der Waals surface area contributed by atoms with Gasteiger partial charge in [-0.05, 0) is 56.2 Å². The first kappa shape index (κ1) is 18.9. The average Bonchev–Trinajstić information content (AvgIpc) is 2.84. The second-order valence-corrected chi connectivity index (χ2v) is 7.51. The summed E-state index contributed by atoms with van der Waals surface area (Å²) in [5.74, 6) is 2.42. The highest BCUT2D eigenvalue weighted by molar-refractivity contribution is 5.75. The molecule has 29 heavy (non-hydrogen) atoms. The van der Waals surface area contributed by atoms with Crippen molar-refractivity contribution in [3.63, 3.8) is 0 Å². The van der Waals surface area contributed by atoms with E-state index in [9.17, 15) is 0 Å². The SMILES string of the molecule is C=C(Nc1ccccn1)N1c2nc(-c3cncc(C)c3)ccc2N(C)CC[C@H]1C. The van der Waals surface area contributed by atoms with Crippen LogP contribution in [0, 0.1) is 6.92 Å². The molecule has 148 valence electrons. The minimum atomic E-state index is 0.237. The Bertz CT molecular complexity index is 1020. The number of anilines is 3.